The quantitative estimate of drug-likeness (QED) is 0.681. The molecule has 1 aliphatic rings. The Morgan fingerprint density at radius 3 is 2.36 bits per heavy atom. The predicted octanol–water partition coefficient (Wildman–Crippen LogP) is 2.02. The number of rotatable bonds is 4. The van der Waals surface area contributed by atoms with Gasteiger partial charge in [-0.05, 0) is 25.3 Å². The number of carboxylic acids is 1. The Morgan fingerprint density at radius 2 is 1.93 bits per heavy atom. The zero-order valence-corrected chi connectivity index (χ0v) is 8.96. The molecule has 1 unspecified atom stereocenters. The van der Waals surface area contributed by atoms with Gasteiger partial charge in [0.25, 0.3) is 0 Å². The van der Waals surface area contributed by atoms with Crippen LogP contribution in [0, 0.1) is 5.92 Å². The summed E-state index contributed by atoms with van der Waals surface area (Å²) in [7, 11) is 0. The fraction of sp³-hybridized carbons (Fsp3) is 0.909. The molecule has 82 valence electrons. The van der Waals surface area contributed by atoms with Crippen molar-refractivity contribution in [1.82, 2.24) is 5.32 Å². The first-order valence-electron chi connectivity index (χ1n) is 5.72. The molecule has 1 saturated carbocycles. The highest BCUT2D eigenvalue weighted by Gasteiger charge is 2.27. The van der Waals surface area contributed by atoms with Gasteiger partial charge < -0.3 is 10.4 Å². The zero-order chi connectivity index (χ0) is 10.4. The van der Waals surface area contributed by atoms with Gasteiger partial charge in [0.1, 0.15) is 6.04 Å². The fourth-order valence-electron chi connectivity index (χ4n) is 2.32. The van der Waals surface area contributed by atoms with Gasteiger partial charge in [0.15, 0.2) is 0 Å². The van der Waals surface area contributed by atoms with Gasteiger partial charge in [0, 0.05) is 0 Å². The van der Waals surface area contributed by atoms with Crippen molar-refractivity contribution in [2.75, 3.05) is 6.54 Å². The van der Waals surface area contributed by atoms with Crippen LogP contribution in [0.15, 0.2) is 0 Å². The summed E-state index contributed by atoms with van der Waals surface area (Å²) in [5.74, 6) is -0.339. The summed E-state index contributed by atoms with van der Waals surface area (Å²) in [6.45, 7) is 2.71. The predicted molar refractivity (Wildman–Crippen MR) is 56.3 cm³/mol. The minimum absolute atomic E-state index is 0.321. The second-order valence-corrected chi connectivity index (χ2v) is 4.13. The molecule has 0 radical (unpaired) electrons. The molecule has 0 spiro atoms. The second-order valence-electron chi connectivity index (χ2n) is 4.13. The Kier molecular flexibility index (Phi) is 4.94. The minimum atomic E-state index is -0.682. The van der Waals surface area contributed by atoms with Crippen LogP contribution in [0.4, 0.5) is 0 Å². The van der Waals surface area contributed by atoms with Crippen molar-refractivity contribution in [1.29, 1.82) is 0 Å². The van der Waals surface area contributed by atoms with Gasteiger partial charge in [-0.3, -0.25) is 4.79 Å². The zero-order valence-electron chi connectivity index (χ0n) is 8.96. The first-order chi connectivity index (χ1) is 6.75. The van der Waals surface area contributed by atoms with E-state index < -0.39 is 5.97 Å². The van der Waals surface area contributed by atoms with Crippen LogP contribution in [0.25, 0.3) is 0 Å². The molecular weight excluding hydrogens is 178 g/mol. The molecule has 0 aliphatic heterocycles. The molecule has 14 heavy (non-hydrogen) atoms. The number of carboxylic acid groups (broad SMARTS) is 1. The average Bonchev–Trinajstić information content (AvgIpc) is 2.41. The Balaban J connectivity index is 2.51. The third kappa shape index (κ3) is 3.29. The highest BCUT2D eigenvalue weighted by molar-refractivity contribution is 5.73. The SMILES string of the molecule is CCNC(C(=O)O)C1CCCCCC1. The van der Waals surface area contributed by atoms with E-state index in [2.05, 4.69) is 5.32 Å². The van der Waals surface area contributed by atoms with Crippen molar-refractivity contribution in [2.45, 2.75) is 51.5 Å². The number of likely N-dealkylation sites (N-methyl/N-ethyl adjacent to an activating group) is 1. The summed E-state index contributed by atoms with van der Waals surface area (Å²) in [5, 5.41) is 12.2. The molecule has 0 aromatic heterocycles. The molecular formula is C11H21NO2. The minimum Gasteiger partial charge on any atom is -0.480 e. The van der Waals surface area contributed by atoms with E-state index in [1.165, 1.54) is 25.7 Å². The smallest absolute Gasteiger partial charge is 0.320 e. The molecule has 1 fully saturated rings. The summed E-state index contributed by atoms with van der Waals surface area (Å²) in [6.07, 6.45) is 7.08. The van der Waals surface area contributed by atoms with E-state index in [9.17, 15) is 4.79 Å². The average molecular weight is 199 g/mol. The topological polar surface area (TPSA) is 49.3 Å². The van der Waals surface area contributed by atoms with Gasteiger partial charge in [0.05, 0.1) is 0 Å². The third-order valence-corrected chi connectivity index (χ3v) is 3.06. The lowest BCUT2D eigenvalue weighted by Gasteiger charge is -2.22. The van der Waals surface area contributed by atoms with Gasteiger partial charge in [-0.15, -0.1) is 0 Å². The lowest BCUT2D eigenvalue weighted by atomic mass is 9.92. The Bertz CT molecular complexity index is 174. The summed E-state index contributed by atoms with van der Waals surface area (Å²) in [5.41, 5.74) is 0. The van der Waals surface area contributed by atoms with Crippen molar-refractivity contribution in [2.24, 2.45) is 5.92 Å². The number of nitrogens with one attached hydrogen (secondary N) is 1. The van der Waals surface area contributed by atoms with Crippen LogP contribution in [0.5, 0.6) is 0 Å². The van der Waals surface area contributed by atoms with Crippen molar-refractivity contribution in [3.8, 4) is 0 Å². The number of carbonyl (C=O) groups is 1. The van der Waals surface area contributed by atoms with E-state index in [0.717, 1.165) is 19.4 Å². The van der Waals surface area contributed by atoms with Crippen LogP contribution in [0.1, 0.15) is 45.4 Å². The molecule has 0 amide bonds. The maximum Gasteiger partial charge on any atom is 0.320 e. The van der Waals surface area contributed by atoms with Crippen molar-refractivity contribution in [3.05, 3.63) is 0 Å². The van der Waals surface area contributed by atoms with Crippen LogP contribution in [-0.2, 0) is 4.79 Å². The first kappa shape index (κ1) is 11.5. The number of hydrogen-bond donors (Lipinski definition) is 2. The molecule has 2 N–H and O–H groups in total. The molecule has 0 heterocycles. The van der Waals surface area contributed by atoms with Gasteiger partial charge in [0.2, 0.25) is 0 Å². The molecule has 1 atom stereocenters. The molecule has 0 saturated heterocycles. The summed E-state index contributed by atoms with van der Waals surface area (Å²) in [6, 6.07) is -0.321. The molecule has 1 rings (SSSR count). The largest absolute Gasteiger partial charge is 0.480 e. The maximum absolute atomic E-state index is 11.0. The van der Waals surface area contributed by atoms with Crippen molar-refractivity contribution in [3.63, 3.8) is 0 Å². The van der Waals surface area contributed by atoms with Gasteiger partial charge in [-0.25, -0.2) is 0 Å². The summed E-state index contributed by atoms with van der Waals surface area (Å²) >= 11 is 0. The highest BCUT2D eigenvalue weighted by Crippen LogP contribution is 2.25. The lowest BCUT2D eigenvalue weighted by molar-refractivity contribution is -0.141. The highest BCUT2D eigenvalue weighted by atomic mass is 16.4. The lowest BCUT2D eigenvalue weighted by Crippen LogP contribution is -2.42. The van der Waals surface area contributed by atoms with E-state index in [-0.39, 0.29) is 6.04 Å². The van der Waals surface area contributed by atoms with Gasteiger partial charge in [-0.2, -0.15) is 0 Å². The molecule has 3 heteroatoms. The monoisotopic (exact) mass is 199 g/mol. The molecule has 0 bridgehead atoms. The van der Waals surface area contributed by atoms with Crippen molar-refractivity contribution < 1.29 is 9.90 Å². The van der Waals surface area contributed by atoms with Crippen LogP contribution in [0.2, 0.25) is 0 Å². The van der Waals surface area contributed by atoms with Crippen LogP contribution >= 0.6 is 0 Å². The Labute approximate surface area is 85.9 Å². The number of aliphatic carboxylic acids is 1. The van der Waals surface area contributed by atoms with Crippen LogP contribution in [0.3, 0.4) is 0 Å². The maximum atomic E-state index is 11.0. The van der Waals surface area contributed by atoms with Gasteiger partial charge >= 0.3 is 5.97 Å². The van der Waals surface area contributed by atoms with Crippen LogP contribution in [-0.4, -0.2) is 23.7 Å². The number of hydrogen-bond acceptors (Lipinski definition) is 2. The van der Waals surface area contributed by atoms with E-state index in [1.54, 1.807) is 0 Å². The normalized spacial score (nSPS) is 21.5. The summed E-state index contributed by atoms with van der Waals surface area (Å²) < 4.78 is 0. The second kappa shape index (κ2) is 6.02. The summed E-state index contributed by atoms with van der Waals surface area (Å²) in [4.78, 5) is 11.0. The fourth-order valence-corrected chi connectivity index (χ4v) is 2.32. The van der Waals surface area contributed by atoms with Gasteiger partial charge in [-0.1, -0.05) is 32.6 Å². The molecule has 3 nitrogen and oxygen atoms in total. The third-order valence-electron chi connectivity index (χ3n) is 3.06. The Morgan fingerprint density at radius 1 is 1.36 bits per heavy atom. The molecule has 0 aromatic rings. The van der Waals surface area contributed by atoms with Crippen molar-refractivity contribution >= 4 is 5.97 Å². The standard InChI is InChI=1S/C11H21NO2/c1-2-12-10(11(13)14)9-7-5-3-4-6-8-9/h9-10,12H,2-8H2,1H3,(H,13,14). The molecule has 1 aliphatic carbocycles. The van der Waals surface area contributed by atoms with E-state index in [0.29, 0.717) is 5.92 Å². The molecule has 0 aromatic carbocycles. The van der Waals surface area contributed by atoms with E-state index in [4.69, 9.17) is 5.11 Å². The Hall–Kier alpha value is -0.570. The van der Waals surface area contributed by atoms with Crippen LogP contribution < -0.4 is 5.32 Å². The van der Waals surface area contributed by atoms with E-state index in [1.807, 2.05) is 6.92 Å². The van der Waals surface area contributed by atoms with E-state index >= 15 is 0 Å². The first-order valence-corrected chi connectivity index (χ1v) is 5.72.